The van der Waals surface area contributed by atoms with E-state index in [0.29, 0.717) is 31.7 Å². The lowest BCUT2D eigenvalue weighted by Crippen LogP contribution is -2.41. The quantitative estimate of drug-likeness (QED) is 0.656. The number of nitrogen functional groups attached to an aromatic ring is 1. The van der Waals surface area contributed by atoms with Crippen LogP contribution in [0.3, 0.4) is 0 Å². The molecule has 5 nitrogen and oxygen atoms in total. The number of thioether (sulfide) groups is 1. The molecule has 1 amide bonds. The molecule has 1 fully saturated rings. The molecule has 21 heavy (non-hydrogen) atoms. The Hall–Kier alpha value is -1.69. The van der Waals surface area contributed by atoms with Gasteiger partial charge in [0.2, 0.25) is 5.91 Å². The van der Waals surface area contributed by atoms with E-state index in [1.165, 1.54) is 11.8 Å². The number of aryl methyl sites for hydroxylation is 1. The minimum Gasteiger partial charge on any atom is -0.481 e. The van der Waals surface area contributed by atoms with Crippen LogP contribution in [0, 0.1) is 12.8 Å². The summed E-state index contributed by atoms with van der Waals surface area (Å²) < 4.78 is 0. The molecule has 1 aromatic rings. The van der Waals surface area contributed by atoms with Gasteiger partial charge < -0.3 is 15.7 Å². The first-order chi connectivity index (χ1) is 9.99. The summed E-state index contributed by atoms with van der Waals surface area (Å²) in [5, 5.41) is 8.95. The number of nitrogens with zero attached hydrogens (tertiary/aromatic N) is 1. The van der Waals surface area contributed by atoms with Crippen molar-refractivity contribution in [3.63, 3.8) is 0 Å². The predicted octanol–water partition coefficient (Wildman–Crippen LogP) is 1.99. The van der Waals surface area contributed by atoms with Crippen LogP contribution in [-0.2, 0) is 9.59 Å². The third kappa shape index (κ3) is 3.91. The number of piperidine rings is 1. The molecule has 1 aliphatic heterocycles. The van der Waals surface area contributed by atoms with E-state index in [4.69, 9.17) is 10.8 Å². The molecule has 114 valence electrons. The molecule has 0 atom stereocenters. The van der Waals surface area contributed by atoms with Crippen molar-refractivity contribution >= 4 is 29.3 Å². The molecule has 0 spiro atoms. The van der Waals surface area contributed by atoms with Crippen molar-refractivity contribution in [2.45, 2.75) is 24.7 Å². The van der Waals surface area contributed by atoms with Crippen molar-refractivity contribution in [2.24, 2.45) is 5.92 Å². The van der Waals surface area contributed by atoms with Crippen LogP contribution in [-0.4, -0.2) is 40.7 Å². The normalized spacial score (nSPS) is 16.0. The summed E-state index contributed by atoms with van der Waals surface area (Å²) in [7, 11) is 0. The number of hydrogen-bond donors (Lipinski definition) is 2. The van der Waals surface area contributed by atoms with E-state index in [2.05, 4.69) is 0 Å². The Balaban J connectivity index is 1.85. The number of carboxylic acid groups (broad SMARTS) is 1. The Morgan fingerprint density at radius 2 is 2.05 bits per heavy atom. The smallest absolute Gasteiger partial charge is 0.306 e. The number of amides is 1. The zero-order valence-corrected chi connectivity index (χ0v) is 12.9. The average molecular weight is 308 g/mol. The summed E-state index contributed by atoms with van der Waals surface area (Å²) in [5.74, 6) is -0.686. The molecule has 1 aliphatic rings. The van der Waals surface area contributed by atoms with Crippen LogP contribution in [0.25, 0.3) is 0 Å². The number of carbonyl (C=O) groups excluding carboxylic acids is 1. The van der Waals surface area contributed by atoms with E-state index in [-0.39, 0.29) is 11.8 Å². The zero-order valence-electron chi connectivity index (χ0n) is 12.0. The van der Waals surface area contributed by atoms with Crippen LogP contribution in [0.5, 0.6) is 0 Å². The molecule has 0 bridgehead atoms. The van der Waals surface area contributed by atoms with E-state index in [0.717, 1.165) is 16.1 Å². The standard InChI is InChI=1S/C15H20N2O3S/c1-10-3-2-4-12(14(10)16)21-9-13(18)17-7-5-11(6-8-17)15(19)20/h2-4,11H,5-9,16H2,1H3,(H,19,20). The van der Waals surface area contributed by atoms with Gasteiger partial charge in [-0.25, -0.2) is 0 Å². The molecule has 6 heteroatoms. The lowest BCUT2D eigenvalue weighted by atomic mass is 9.97. The molecule has 0 unspecified atom stereocenters. The number of anilines is 1. The van der Waals surface area contributed by atoms with Crippen LogP contribution in [0.2, 0.25) is 0 Å². The zero-order chi connectivity index (χ0) is 15.4. The number of likely N-dealkylation sites (tertiary alicyclic amines) is 1. The maximum absolute atomic E-state index is 12.2. The first-order valence-electron chi connectivity index (χ1n) is 6.97. The van der Waals surface area contributed by atoms with Crippen LogP contribution >= 0.6 is 11.8 Å². The van der Waals surface area contributed by atoms with Crippen LogP contribution in [0.4, 0.5) is 5.69 Å². The third-order valence-corrected chi connectivity index (χ3v) is 4.89. The number of para-hydroxylation sites is 1. The number of carboxylic acids is 1. The van der Waals surface area contributed by atoms with E-state index >= 15 is 0 Å². The highest BCUT2D eigenvalue weighted by Crippen LogP contribution is 2.28. The van der Waals surface area contributed by atoms with Gasteiger partial charge in [-0.05, 0) is 31.4 Å². The summed E-state index contributed by atoms with van der Waals surface area (Å²) in [4.78, 5) is 25.7. The molecular weight excluding hydrogens is 288 g/mol. The van der Waals surface area contributed by atoms with Gasteiger partial charge in [0.05, 0.1) is 11.7 Å². The number of benzene rings is 1. The SMILES string of the molecule is Cc1cccc(SCC(=O)N2CCC(C(=O)O)CC2)c1N. The lowest BCUT2D eigenvalue weighted by molar-refractivity contribution is -0.145. The van der Waals surface area contributed by atoms with Gasteiger partial charge in [0, 0.05) is 23.7 Å². The Morgan fingerprint density at radius 3 is 2.67 bits per heavy atom. The van der Waals surface area contributed by atoms with E-state index in [9.17, 15) is 9.59 Å². The van der Waals surface area contributed by atoms with Gasteiger partial charge in [0.25, 0.3) is 0 Å². The molecule has 0 aliphatic carbocycles. The van der Waals surface area contributed by atoms with E-state index in [1.54, 1.807) is 4.90 Å². The van der Waals surface area contributed by atoms with Crippen LogP contribution in [0.1, 0.15) is 18.4 Å². The minimum atomic E-state index is -0.760. The Kier molecular flexibility index (Phi) is 5.12. The third-order valence-electron chi connectivity index (χ3n) is 3.83. The summed E-state index contributed by atoms with van der Waals surface area (Å²) in [5.41, 5.74) is 7.72. The first-order valence-corrected chi connectivity index (χ1v) is 7.96. The number of nitrogens with two attached hydrogens (primary N) is 1. The second-order valence-corrected chi connectivity index (χ2v) is 6.29. The van der Waals surface area contributed by atoms with Gasteiger partial charge >= 0.3 is 5.97 Å². The largest absolute Gasteiger partial charge is 0.481 e. The lowest BCUT2D eigenvalue weighted by Gasteiger charge is -2.30. The second kappa shape index (κ2) is 6.85. The molecule has 2 rings (SSSR count). The summed E-state index contributed by atoms with van der Waals surface area (Å²) >= 11 is 1.44. The maximum Gasteiger partial charge on any atom is 0.306 e. The van der Waals surface area contributed by atoms with Crippen molar-refractivity contribution in [1.82, 2.24) is 4.90 Å². The van der Waals surface area contributed by atoms with Gasteiger partial charge in [0.1, 0.15) is 0 Å². The number of carbonyl (C=O) groups is 2. The van der Waals surface area contributed by atoms with Crippen molar-refractivity contribution < 1.29 is 14.7 Å². The fourth-order valence-corrected chi connectivity index (χ4v) is 3.34. The average Bonchev–Trinajstić information content (AvgIpc) is 2.48. The monoisotopic (exact) mass is 308 g/mol. The molecule has 0 radical (unpaired) electrons. The van der Waals surface area contributed by atoms with Crippen LogP contribution in [0.15, 0.2) is 23.1 Å². The molecule has 0 saturated carbocycles. The van der Waals surface area contributed by atoms with Gasteiger partial charge in [-0.2, -0.15) is 0 Å². The van der Waals surface area contributed by atoms with Gasteiger partial charge in [-0.15, -0.1) is 11.8 Å². The summed E-state index contributed by atoms with van der Waals surface area (Å²) in [6.07, 6.45) is 1.08. The Labute approximate surface area is 128 Å². The number of aliphatic carboxylic acids is 1. The topological polar surface area (TPSA) is 83.6 Å². The summed E-state index contributed by atoms with van der Waals surface area (Å²) in [6.45, 7) is 3.00. The molecular formula is C15H20N2O3S. The summed E-state index contributed by atoms with van der Waals surface area (Å²) in [6, 6.07) is 5.78. The van der Waals surface area contributed by atoms with Gasteiger partial charge in [0.15, 0.2) is 0 Å². The maximum atomic E-state index is 12.2. The highest BCUT2D eigenvalue weighted by molar-refractivity contribution is 8.00. The highest BCUT2D eigenvalue weighted by atomic mass is 32.2. The minimum absolute atomic E-state index is 0.0461. The van der Waals surface area contributed by atoms with Crippen molar-refractivity contribution in [3.05, 3.63) is 23.8 Å². The van der Waals surface area contributed by atoms with E-state index in [1.807, 2.05) is 25.1 Å². The Morgan fingerprint density at radius 1 is 1.38 bits per heavy atom. The van der Waals surface area contributed by atoms with Crippen LogP contribution < -0.4 is 5.73 Å². The predicted molar refractivity (Wildman–Crippen MR) is 83.3 cm³/mol. The van der Waals surface area contributed by atoms with Crippen molar-refractivity contribution in [1.29, 1.82) is 0 Å². The molecule has 3 N–H and O–H groups in total. The number of rotatable bonds is 4. The molecule has 1 heterocycles. The highest BCUT2D eigenvalue weighted by Gasteiger charge is 2.26. The van der Waals surface area contributed by atoms with Gasteiger partial charge in [-0.1, -0.05) is 12.1 Å². The molecule has 1 saturated heterocycles. The van der Waals surface area contributed by atoms with Crippen molar-refractivity contribution in [3.8, 4) is 0 Å². The molecule has 0 aromatic heterocycles. The molecule has 1 aromatic carbocycles. The second-order valence-electron chi connectivity index (χ2n) is 5.27. The first kappa shape index (κ1) is 15.7. The fraction of sp³-hybridized carbons (Fsp3) is 0.467. The number of hydrogen-bond acceptors (Lipinski definition) is 4. The van der Waals surface area contributed by atoms with E-state index < -0.39 is 5.97 Å². The van der Waals surface area contributed by atoms with Crippen molar-refractivity contribution in [2.75, 3.05) is 24.6 Å². The Bertz CT molecular complexity index is 540. The van der Waals surface area contributed by atoms with Gasteiger partial charge in [-0.3, -0.25) is 9.59 Å². The fourth-order valence-electron chi connectivity index (χ4n) is 2.39.